The molecule has 4 rings (SSSR count). The number of fused-ring (bicyclic) bond motifs is 2. The zero-order chi connectivity index (χ0) is 19.0. The van der Waals surface area contributed by atoms with Crippen molar-refractivity contribution in [3.63, 3.8) is 0 Å². The molecule has 0 saturated carbocycles. The number of methoxy groups -OCH3 is 1. The molecule has 0 saturated heterocycles. The summed E-state index contributed by atoms with van der Waals surface area (Å²) in [4.78, 5) is 24.8. The minimum Gasteiger partial charge on any atom is -0.465 e. The van der Waals surface area contributed by atoms with Crippen molar-refractivity contribution in [1.29, 1.82) is 0 Å². The summed E-state index contributed by atoms with van der Waals surface area (Å²) in [5, 5.41) is 0.425. The van der Waals surface area contributed by atoms with Crippen molar-refractivity contribution >= 4 is 28.6 Å². The molecule has 0 amide bonds. The first-order valence-corrected chi connectivity index (χ1v) is 9.03. The molecule has 0 spiro atoms. The molecule has 1 aliphatic rings. The molecule has 136 valence electrons. The van der Waals surface area contributed by atoms with Gasteiger partial charge in [-0.25, -0.2) is 4.79 Å². The second-order valence-electron chi connectivity index (χ2n) is 6.82. The fourth-order valence-electron chi connectivity index (χ4n) is 3.61. The van der Waals surface area contributed by atoms with Crippen LogP contribution in [0.1, 0.15) is 45.7 Å². The molecule has 0 atom stereocenters. The molecule has 27 heavy (non-hydrogen) atoms. The van der Waals surface area contributed by atoms with Gasteiger partial charge in [0.25, 0.3) is 0 Å². The molecule has 0 bridgehead atoms. The standard InChI is InChI=1S/C23H20O4/c1-14-6-3-4-7-15(14)12-16-8-5-9-18-21(24)19-13-17(23(25)26-2)10-11-20(19)27-22(16)18/h3-4,6-7,10-13H,5,8-9H2,1-2H3. The number of carbonyl (C=O) groups is 1. The summed E-state index contributed by atoms with van der Waals surface area (Å²) < 4.78 is 10.9. The van der Waals surface area contributed by atoms with E-state index in [1.54, 1.807) is 18.2 Å². The Bertz CT molecular complexity index is 1130. The van der Waals surface area contributed by atoms with Crippen LogP contribution in [0.2, 0.25) is 0 Å². The fourth-order valence-corrected chi connectivity index (χ4v) is 3.61. The Labute approximate surface area is 157 Å². The van der Waals surface area contributed by atoms with Gasteiger partial charge in [0.15, 0.2) is 5.43 Å². The van der Waals surface area contributed by atoms with Gasteiger partial charge in [-0.2, -0.15) is 0 Å². The summed E-state index contributed by atoms with van der Waals surface area (Å²) in [7, 11) is 1.32. The molecule has 0 unspecified atom stereocenters. The highest BCUT2D eigenvalue weighted by Gasteiger charge is 2.22. The molecule has 0 fully saturated rings. The second-order valence-corrected chi connectivity index (χ2v) is 6.82. The van der Waals surface area contributed by atoms with Crippen LogP contribution in [0.4, 0.5) is 0 Å². The number of ether oxygens (including phenoxy) is 1. The van der Waals surface area contributed by atoms with Gasteiger partial charge in [0, 0.05) is 5.56 Å². The predicted octanol–water partition coefficient (Wildman–Crippen LogP) is 4.76. The Morgan fingerprint density at radius 3 is 2.74 bits per heavy atom. The lowest BCUT2D eigenvalue weighted by Gasteiger charge is -2.18. The van der Waals surface area contributed by atoms with Crippen LogP contribution in [0.5, 0.6) is 0 Å². The first kappa shape index (κ1) is 17.3. The summed E-state index contributed by atoms with van der Waals surface area (Å²) in [5.74, 6) is 0.210. The summed E-state index contributed by atoms with van der Waals surface area (Å²) in [6.45, 7) is 2.07. The number of esters is 1. The maximum absolute atomic E-state index is 13.1. The topological polar surface area (TPSA) is 56.5 Å². The van der Waals surface area contributed by atoms with E-state index < -0.39 is 5.97 Å². The van der Waals surface area contributed by atoms with E-state index in [4.69, 9.17) is 9.15 Å². The number of allylic oxidation sites excluding steroid dienone is 1. The van der Waals surface area contributed by atoms with E-state index in [0.717, 1.165) is 24.0 Å². The van der Waals surface area contributed by atoms with Crippen LogP contribution in [-0.4, -0.2) is 13.1 Å². The lowest BCUT2D eigenvalue weighted by atomic mass is 9.89. The summed E-state index contributed by atoms with van der Waals surface area (Å²) in [5.41, 5.74) is 4.82. The van der Waals surface area contributed by atoms with Crippen molar-refractivity contribution in [2.24, 2.45) is 0 Å². The average molecular weight is 360 g/mol. The summed E-state index contributed by atoms with van der Waals surface area (Å²) >= 11 is 0. The average Bonchev–Trinajstić information content (AvgIpc) is 2.69. The van der Waals surface area contributed by atoms with Gasteiger partial charge in [-0.1, -0.05) is 24.3 Å². The Morgan fingerprint density at radius 1 is 1.15 bits per heavy atom. The van der Waals surface area contributed by atoms with E-state index in [-0.39, 0.29) is 5.43 Å². The van der Waals surface area contributed by atoms with Crippen molar-refractivity contribution < 1.29 is 13.9 Å². The molecule has 4 nitrogen and oxygen atoms in total. The van der Waals surface area contributed by atoms with Crippen molar-refractivity contribution in [3.05, 3.63) is 80.7 Å². The third-order valence-electron chi connectivity index (χ3n) is 5.09. The van der Waals surface area contributed by atoms with E-state index in [1.165, 1.54) is 12.7 Å². The molecule has 2 aromatic carbocycles. The number of aryl methyl sites for hydroxylation is 1. The van der Waals surface area contributed by atoms with Crippen molar-refractivity contribution in [2.45, 2.75) is 26.2 Å². The molecular formula is C23H20O4. The zero-order valence-electron chi connectivity index (χ0n) is 15.4. The molecular weight excluding hydrogens is 340 g/mol. The van der Waals surface area contributed by atoms with Gasteiger partial charge in [-0.15, -0.1) is 0 Å². The molecule has 4 heteroatoms. The van der Waals surface area contributed by atoms with Gasteiger partial charge < -0.3 is 9.15 Å². The Hall–Kier alpha value is -3.14. The van der Waals surface area contributed by atoms with Crippen LogP contribution in [0.25, 0.3) is 22.6 Å². The minimum absolute atomic E-state index is 0.0626. The molecule has 0 aliphatic heterocycles. The summed E-state index contributed by atoms with van der Waals surface area (Å²) in [6, 6.07) is 13.0. The maximum Gasteiger partial charge on any atom is 0.337 e. The third kappa shape index (κ3) is 3.08. The van der Waals surface area contributed by atoms with Gasteiger partial charge in [0.05, 0.1) is 18.1 Å². The van der Waals surface area contributed by atoms with Crippen LogP contribution in [0.15, 0.2) is 51.7 Å². The van der Waals surface area contributed by atoms with E-state index in [0.29, 0.717) is 34.3 Å². The van der Waals surface area contributed by atoms with Crippen LogP contribution in [0, 0.1) is 6.92 Å². The molecule has 1 aromatic heterocycles. The Kier molecular flexibility index (Phi) is 4.40. The zero-order valence-corrected chi connectivity index (χ0v) is 15.4. The van der Waals surface area contributed by atoms with Gasteiger partial charge in [0.1, 0.15) is 11.3 Å². The molecule has 0 radical (unpaired) electrons. The van der Waals surface area contributed by atoms with Gasteiger partial charge in [-0.3, -0.25) is 4.79 Å². The normalized spacial score (nSPS) is 15.0. The molecule has 1 aliphatic carbocycles. The SMILES string of the molecule is COC(=O)c1ccc2oc3c(c(=O)c2c1)CCCC3=Cc1ccccc1C. The van der Waals surface area contributed by atoms with Crippen molar-refractivity contribution in [1.82, 2.24) is 0 Å². The molecule has 0 N–H and O–H groups in total. The first-order valence-electron chi connectivity index (χ1n) is 9.03. The summed E-state index contributed by atoms with van der Waals surface area (Å²) in [6.07, 6.45) is 4.57. The number of hydrogen-bond acceptors (Lipinski definition) is 4. The van der Waals surface area contributed by atoms with E-state index >= 15 is 0 Å². The van der Waals surface area contributed by atoms with Crippen molar-refractivity contribution in [2.75, 3.05) is 7.11 Å². The van der Waals surface area contributed by atoms with E-state index in [2.05, 4.69) is 25.1 Å². The highest BCUT2D eigenvalue weighted by Crippen LogP contribution is 2.33. The van der Waals surface area contributed by atoms with Crippen LogP contribution in [-0.2, 0) is 11.2 Å². The second kappa shape index (κ2) is 6.88. The van der Waals surface area contributed by atoms with Gasteiger partial charge >= 0.3 is 5.97 Å². The number of hydrogen-bond donors (Lipinski definition) is 0. The monoisotopic (exact) mass is 360 g/mol. The fraction of sp³-hybridized carbons (Fsp3) is 0.217. The lowest BCUT2D eigenvalue weighted by molar-refractivity contribution is 0.0601. The highest BCUT2D eigenvalue weighted by molar-refractivity contribution is 5.94. The number of benzene rings is 2. The van der Waals surface area contributed by atoms with Gasteiger partial charge in [-0.05, 0) is 67.2 Å². The van der Waals surface area contributed by atoms with Crippen LogP contribution >= 0.6 is 0 Å². The third-order valence-corrected chi connectivity index (χ3v) is 5.09. The van der Waals surface area contributed by atoms with Crippen molar-refractivity contribution in [3.8, 4) is 0 Å². The van der Waals surface area contributed by atoms with E-state index in [1.807, 2.05) is 12.1 Å². The Morgan fingerprint density at radius 2 is 1.96 bits per heavy atom. The number of rotatable bonds is 2. The number of carbonyl (C=O) groups excluding carboxylic acids is 1. The molecule has 1 heterocycles. The smallest absolute Gasteiger partial charge is 0.337 e. The maximum atomic E-state index is 13.1. The largest absolute Gasteiger partial charge is 0.465 e. The van der Waals surface area contributed by atoms with Crippen LogP contribution < -0.4 is 5.43 Å². The molecule has 3 aromatic rings. The highest BCUT2D eigenvalue weighted by atomic mass is 16.5. The minimum atomic E-state index is -0.464. The quantitative estimate of drug-likeness (QED) is 0.618. The van der Waals surface area contributed by atoms with Gasteiger partial charge in [0.2, 0.25) is 0 Å². The lowest BCUT2D eigenvalue weighted by Crippen LogP contribution is -2.16. The van der Waals surface area contributed by atoms with Crippen LogP contribution in [0.3, 0.4) is 0 Å². The predicted molar refractivity (Wildman–Crippen MR) is 106 cm³/mol. The van der Waals surface area contributed by atoms with E-state index in [9.17, 15) is 9.59 Å². The Balaban J connectivity index is 1.90. The first-order chi connectivity index (χ1) is 13.1.